The average molecular weight is 498 g/mol. The van der Waals surface area contributed by atoms with E-state index in [-0.39, 0.29) is 12.5 Å². The maximum Gasteiger partial charge on any atom is 0.244 e. The molecule has 0 atom stereocenters. The van der Waals surface area contributed by atoms with Crippen molar-refractivity contribution in [3.8, 4) is 5.75 Å². The first-order valence-corrected chi connectivity index (χ1v) is 11.5. The van der Waals surface area contributed by atoms with Gasteiger partial charge in [0, 0.05) is 50.3 Å². The number of nitrogens with two attached hydrogens (primary N) is 1. The molecule has 12 heteroatoms. The Balaban J connectivity index is 1.49. The molecule has 0 saturated carbocycles. The van der Waals surface area contributed by atoms with E-state index in [1.807, 2.05) is 36.9 Å². The molecule has 0 radical (unpaired) electrons. The van der Waals surface area contributed by atoms with Crippen LogP contribution in [0.4, 0.5) is 5.69 Å². The number of methoxy groups -OCH3 is 1. The molecular weight excluding hydrogens is 470 g/mol. The molecule has 0 aliphatic carbocycles. The highest BCUT2D eigenvalue weighted by Gasteiger charge is 2.24. The summed E-state index contributed by atoms with van der Waals surface area (Å²) in [4.78, 5) is 30.3. The van der Waals surface area contributed by atoms with Crippen molar-refractivity contribution in [1.82, 2.24) is 30.1 Å². The molecule has 1 aromatic carbocycles. The van der Waals surface area contributed by atoms with Gasteiger partial charge < -0.3 is 20.0 Å². The number of fused-ring (bicyclic) bond motifs is 1. The molecule has 1 fully saturated rings. The summed E-state index contributed by atoms with van der Waals surface area (Å²) in [6.45, 7) is 6.41. The second-order valence-corrected chi connectivity index (χ2v) is 8.45. The number of aliphatic imine (C=N–C) groups is 1. The standard InChI is InChI=1S/C23H28ClN9O2/c1-15-21-22(16(2)26-6-7-29-25)30-33(23(21)28-14-27-15)13-20(34)32-10-8-31(9-11-32)17-4-5-18(24)19(12-17)35-3/h4-7,12,14,29H,8-11,13,25H2,1-3H3/b7-6-,26-16+. The minimum atomic E-state index is -0.0210. The maximum absolute atomic E-state index is 13.2. The Kier molecular flexibility index (Phi) is 7.47. The van der Waals surface area contributed by atoms with Gasteiger partial charge in [-0.15, -0.1) is 0 Å². The molecule has 0 unspecified atom stereocenters. The lowest BCUT2D eigenvalue weighted by Gasteiger charge is -2.36. The molecule has 4 rings (SSSR count). The molecule has 1 amide bonds. The summed E-state index contributed by atoms with van der Waals surface area (Å²) in [5, 5.41) is 6.01. The number of hydrogen-bond acceptors (Lipinski definition) is 9. The summed E-state index contributed by atoms with van der Waals surface area (Å²) in [6.07, 6.45) is 4.53. The molecule has 35 heavy (non-hydrogen) atoms. The Morgan fingerprint density at radius 1 is 1.29 bits per heavy atom. The number of carbonyl (C=O) groups excluding carboxylic acids is 1. The summed E-state index contributed by atoms with van der Waals surface area (Å²) >= 11 is 6.15. The van der Waals surface area contributed by atoms with E-state index in [0.29, 0.717) is 54.0 Å². The number of hydrogen-bond donors (Lipinski definition) is 2. The Bertz CT molecular complexity index is 1280. The minimum absolute atomic E-state index is 0.0210. The molecule has 1 saturated heterocycles. The molecule has 3 N–H and O–H groups in total. The highest BCUT2D eigenvalue weighted by Crippen LogP contribution is 2.30. The van der Waals surface area contributed by atoms with Gasteiger partial charge in [0.15, 0.2) is 5.65 Å². The highest BCUT2D eigenvalue weighted by molar-refractivity contribution is 6.32. The van der Waals surface area contributed by atoms with Crippen LogP contribution < -0.4 is 20.9 Å². The first kappa shape index (κ1) is 24.4. The minimum Gasteiger partial charge on any atom is -0.495 e. The lowest BCUT2D eigenvalue weighted by Crippen LogP contribution is -2.49. The number of halogens is 1. The Morgan fingerprint density at radius 3 is 2.77 bits per heavy atom. The number of aromatic nitrogens is 4. The zero-order chi connectivity index (χ0) is 24.9. The van der Waals surface area contributed by atoms with Crippen molar-refractivity contribution in [2.24, 2.45) is 10.8 Å². The van der Waals surface area contributed by atoms with Gasteiger partial charge in [0.2, 0.25) is 5.91 Å². The molecule has 3 heterocycles. The molecule has 184 valence electrons. The largest absolute Gasteiger partial charge is 0.495 e. The van der Waals surface area contributed by atoms with E-state index in [1.165, 1.54) is 12.5 Å². The van der Waals surface area contributed by atoms with Gasteiger partial charge in [-0.05, 0) is 26.0 Å². The van der Waals surface area contributed by atoms with Crippen molar-refractivity contribution >= 4 is 39.9 Å². The molecule has 1 aliphatic rings. The number of nitrogens with zero attached hydrogens (tertiary/aromatic N) is 7. The van der Waals surface area contributed by atoms with Crippen molar-refractivity contribution in [2.45, 2.75) is 20.4 Å². The van der Waals surface area contributed by atoms with E-state index in [2.05, 4.69) is 30.4 Å². The number of ether oxygens (including phenoxy) is 1. The number of amides is 1. The van der Waals surface area contributed by atoms with Crippen LogP contribution in [0, 0.1) is 6.92 Å². The van der Waals surface area contributed by atoms with Crippen LogP contribution in [0.3, 0.4) is 0 Å². The summed E-state index contributed by atoms with van der Waals surface area (Å²) in [5.41, 5.74) is 6.09. The normalized spacial score (nSPS) is 14.7. The third-order valence-electron chi connectivity index (χ3n) is 5.92. The zero-order valence-electron chi connectivity index (χ0n) is 19.9. The maximum atomic E-state index is 13.2. The number of benzene rings is 1. The van der Waals surface area contributed by atoms with Gasteiger partial charge in [-0.25, -0.2) is 14.6 Å². The fraction of sp³-hybridized carbons (Fsp3) is 0.348. The second-order valence-electron chi connectivity index (χ2n) is 8.05. The SMILES string of the molecule is COc1cc(N2CCN(C(=O)Cn3nc(/C(C)=N/C=C\NN)c4c(C)ncnc43)CC2)ccc1Cl. The van der Waals surface area contributed by atoms with Crippen LogP contribution in [0.2, 0.25) is 5.02 Å². The second kappa shape index (κ2) is 10.7. The van der Waals surface area contributed by atoms with Crippen molar-refractivity contribution < 1.29 is 9.53 Å². The number of aryl methyl sites for hydroxylation is 1. The van der Waals surface area contributed by atoms with Crippen molar-refractivity contribution in [1.29, 1.82) is 0 Å². The van der Waals surface area contributed by atoms with Gasteiger partial charge in [0.05, 0.1) is 28.9 Å². The lowest BCUT2D eigenvalue weighted by atomic mass is 10.2. The van der Waals surface area contributed by atoms with E-state index >= 15 is 0 Å². The van der Waals surface area contributed by atoms with Gasteiger partial charge in [0.1, 0.15) is 24.3 Å². The molecule has 3 aromatic rings. The van der Waals surface area contributed by atoms with E-state index in [0.717, 1.165) is 16.8 Å². The van der Waals surface area contributed by atoms with Crippen LogP contribution in [0.25, 0.3) is 11.0 Å². The average Bonchev–Trinajstić information content (AvgIpc) is 3.24. The number of nitrogens with one attached hydrogen (secondary N) is 1. The number of carbonyl (C=O) groups is 1. The summed E-state index contributed by atoms with van der Waals surface area (Å²) in [7, 11) is 1.60. The lowest BCUT2D eigenvalue weighted by molar-refractivity contribution is -0.132. The van der Waals surface area contributed by atoms with Crippen LogP contribution in [0.5, 0.6) is 5.75 Å². The number of rotatable bonds is 7. The molecule has 2 aromatic heterocycles. The zero-order valence-corrected chi connectivity index (χ0v) is 20.7. The van der Waals surface area contributed by atoms with Crippen molar-refractivity contribution in [3.05, 3.63) is 53.3 Å². The predicted octanol–water partition coefficient (Wildman–Crippen LogP) is 1.89. The third kappa shape index (κ3) is 5.20. The van der Waals surface area contributed by atoms with Gasteiger partial charge in [-0.3, -0.25) is 15.6 Å². The Hall–Kier alpha value is -3.70. The number of hydrazine groups is 1. The third-order valence-corrected chi connectivity index (χ3v) is 6.23. The monoisotopic (exact) mass is 497 g/mol. The van der Waals surface area contributed by atoms with E-state index in [9.17, 15) is 4.79 Å². The van der Waals surface area contributed by atoms with E-state index in [1.54, 1.807) is 18.0 Å². The van der Waals surface area contributed by atoms with Crippen LogP contribution in [0.1, 0.15) is 18.3 Å². The summed E-state index contributed by atoms with van der Waals surface area (Å²) in [5.74, 6) is 5.87. The molecular formula is C23H28ClN9O2. The van der Waals surface area contributed by atoms with Gasteiger partial charge in [0.25, 0.3) is 0 Å². The number of piperazine rings is 1. The van der Waals surface area contributed by atoms with Crippen molar-refractivity contribution in [2.75, 3.05) is 38.2 Å². The quantitative estimate of drug-likeness (QED) is 0.288. The van der Waals surface area contributed by atoms with Crippen LogP contribution in [0.15, 0.2) is 41.9 Å². The van der Waals surface area contributed by atoms with Crippen LogP contribution >= 0.6 is 11.6 Å². The Labute approximate surface area is 208 Å². The molecule has 0 spiro atoms. The van der Waals surface area contributed by atoms with E-state index < -0.39 is 0 Å². The topological polar surface area (TPSA) is 127 Å². The van der Waals surface area contributed by atoms with Gasteiger partial charge in [-0.2, -0.15) is 5.10 Å². The van der Waals surface area contributed by atoms with Crippen molar-refractivity contribution in [3.63, 3.8) is 0 Å². The molecule has 11 nitrogen and oxygen atoms in total. The smallest absolute Gasteiger partial charge is 0.244 e. The van der Waals surface area contributed by atoms with Gasteiger partial charge in [-0.1, -0.05) is 11.6 Å². The van der Waals surface area contributed by atoms with Crippen LogP contribution in [-0.2, 0) is 11.3 Å². The summed E-state index contributed by atoms with van der Waals surface area (Å²) < 4.78 is 6.95. The number of anilines is 1. The molecule has 1 aliphatic heterocycles. The fourth-order valence-corrected chi connectivity index (χ4v) is 4.25. The summed E-state index contributed by atoms with van der Waals surface area (Å²) in [6, 6.07) is 5.71. The first-order valence-electron chi connectivity index (χ1n) is 11.1. The predicted molar refractivity (Wildman–Crippen MR) is 136 cm³/mol. The first-order chi connectivity index (χ1) is 16.9. The molecule has 0 bridgehead atoms. The van der Waals surface area contributed by atoms with Gasteiger partial charge >= 0.3 is 0 Å². The fourth-order valence-electron chi connectivity index (χ4n) is 4.06. The Morgan fingerprint density at radius 2 is 2.06 bits per heavy atom. The van der Waals surface area contributed by atoms with E-state index in [4.69, 9.17) is 22.2 Å². The van der Waals surface area contributed by atoms with Crippen LogP contribution in [-0.4, -0.2) is 69.6 Å². The highest BCUT2D eigenvalue weighted by atomic mass is 35.5.